The molecule has 132 valence electrons. The van der Waals surface area contributed by atoms with Crippen LogP contribution >= 0.6 is 15.9 Å². The maximum atomic E-state index is 12.7. The number of nitrogens with one attached hydrogen (secondary N) is 2. The van der Waals surface area contributed by atoms with E-state index in [4.69, 9.17) is 0 Å². The monoisotopic (exact) mass is 403 g/mol. The molecule has 0 atom stereocenters. The molecule has 0 aliphatic carbocycles. The topological polar surface area (TPSA) is 75.6 Å². The van der Waals surface area contributed by atoms with Crippen molar-refractivity contribution >= 4 is 38.8 Å². The van der Waals surface area contributed by atoms with Gasteiger partial charge in [-0.25, -0.2) is 4.98 Å². The number of aromatic amines is 1. The van der Waals surface area contributed by atoms with Crippen LogP contribution in [0.25, 0.3) is 11.0 Å². The summed E-state index contributed by atoms with van der Waals surface area (Å²) in [6.07, 6.45) is 0. The third kappa shape index (κ3) is 3.20. The number of aromatic nitrogens is 4. The van der Waals surface area contributed by atoms with Gasteiger partial charge in [-0.3, -0.25) is 15.2 Å². The molecule has 0 bridgehead atoms. The molecule has 7 heteroatoms. The van der Waals surface area contributed by atoms with Crippen molar-refractivity contribution in [2.45, 2.75) is 46.1 Å². The third-order valence-corrected chi connectivity index (χ3v) is 4.78. The molecule has 0 spiro atoms. The van der Waals surface area contributed by atoms with Crippen molar-refractivity contribution in [3.05, 3.63) is 40.1 Å². The van der Waals surface area contributed by atoms with Gasteiger partial charge in [-0.2, -0.15) is 5.10 Å². The lowest BCUT2D eigenvalue weighted by Crippen LogP contribution is -2.26. The first-order valence-corrected chi connectivity index (χ1v) is 9.02. The number of benzene rings is 1. The average molecular weight is 404 g/mol. The molecule has 0 aliphatic heterocycles. The van der Waals surface area contributed by atoms with Gasteiger partial charge in [0.25, 0.3) is 5.91 Å². The van der Waals surface area contributed by atoms with Crippen LogP contribution in [0.15, 0.2) is 28.7 Å². The van der Waals surface area contributed by atoms with Gasteiger partial charge < -0.3 is 4.57 Å². The number of hydrogen-bond acceptors (Lipinski definition) is 3. The highest BCUT2D eigenvalue weighted by Gasteiger charge is 2.25. The fourth-order valence-corrected chi connectivity index (χ4v) is 3.64. The summed E-state index contributed by atoms with van der Waals surface area (Å²) in [7, 11) is 0. The average Bonchev–Trinajstić information content (AvgIpc) is 3.06. The van der Waals surface area contributed by atoms with Crippen molar-refractivity contribution in [2.75, 3.05) is 5.32 Å². The molecule has 3 rings (SSSR count). The fourth-order valence-electron chi connectivity index (χ4n) is 2.82. The van der Waals surface area contributed by atoms with E-state index in [9.17, 15) is 4.79 Å². The van der Waals surface area contributed by atoms with Crippen LogP contribution in [0.2, 0.25) is 0 Å². The summed E-state index contributed by atoms with van der Waals surface area (Å²) < 4.78 is 2.72. The van der Waals surface area contributed by atoms with Gasteiger partial charge in [0.1, 0.15) is 0 Å². The lowest BCUT2D eigenvalue weighted by atomic mass is 10.1. The minimum Gasteiger partial charge on any atom is -0.305 e. The molecule has 2 N–H and O–H groups in total. The Kier molecular flexibility index (Phi) is 4.45. The minimum absolute atomic E-state index is 0.232. The molecule has 0 radical (unpaired) electrons. The normalized spacial score (nSPS) is 12.1. The second-order valence-corrected chi connectivity index (χ2v) is 8.13. The van der Waals surface area contributed by atoms with Gasteiger partial charge in [-0.15, -0.1) is 0 Å². The Labute approximate surface area is 155 Å². The van der Waals surface area contributed by atoms with Gasteiger partial charge in [0, 0.05) is 5.54 Å². The summed E-state index contributed by atoms with van der Waals surface area (Å²) in [4.78, 5) is 17.3. The van der Waals surface area contributed by atoms with Crippen LogP contribution in [0.5, 0.6) is 0 Å². The van der Waals surface area contributed by atoms with E-state index in [2.05, 4.69) is 57.2 Å². The number of carbonyl (C=O) groups excluding carboxylic acids is 1. The molecule has 0 fully saturated rings. The zero-order chi connectivity index (χ0) is 18.4. The van der Waals surface area contributed by atoms with Crippen molar-refractivity contribution in [1.29, 1.82) is 0 Å². The lowest BCUT2D eigenvalue weighted by Gasteiger charge is -2.24. The Morgan fingerprint density at radius 2 is 1.96 bits per heavy atom. The fraction of sp³-hybridized carbons (Fsp3) is 0.389. The molecule has 0 unspecified atom stereocenters. The minimum atomic E-state index is -0.296. The molecule has 0 aliphatic rings. The number of carbonyl (C=O) groups is 1. The number of amides is 1. The molecule has 1 amide bonds. The molecular formula is C18H22BrN5O. The van der Waals surface area contributed by atoms with E-state index in [1.165, 1.54) is 0 Å². The van der Waals surface area contributed by atoms with Crippen LogP contribution in [0, 0.1) is 0 Å². The van der Waals surface area contributed by atoms with Gasteiger partial charge in [0.2, 0.25) is 5.95 Å². The van der Waals surface area contributed by atoms with Gasteiger partial charge in [0.05, 0.1) is 21.2 Å². The Balaban J connectivity index is 2.02. The number of imidazole rings is 1. The first-order chi connectivity index (χ1) is 11.7. The molecular weight excluding hydrogens is 382 g/mol. The van der Waals surface area contributed by atoms with E-state index in [1.807, 2.05) is 42.7 Å². The maximum Gasteiger partial charge on any atom is 0.279 e. The Morgan fingerprint density at radius 1 is 1.28 bits per heavy atom. The van der Waals surface area contributed by atoms with Gasteiger partial charge in [-0.05, 0) is 54.8 Å². The first-order valence-electron chi connectivity index (χ1n) is 8.23. The Morgan fingerprint density at radius 3 is 2.56 bits per heavy atom. The van der Waals surface area contributed by atoms with E-state index in [1.54, 1.807) is 0 Å². The summed E-state index contributed by atoms with van der Waals surface area (Å²) in [5.74, 6) is 0.457. The van der Waals surface area contributed by atoms with Gasteiger partial charge in [-0.1, -0.05) is 26.0 Å². The maximum absolute atomic E-state index is 12.7. The van der Waals surface area contributed by atoms with E-state index in [0.29, 0.717) is 16.1 Å². The number of hydrogen-bond donors (Lipinski definition) is 2. The molecule has 2 heterocycles. The second kappa shape index (κ2) is 6.29. The zero-order valence-electron chi connectivity index (χ0n) is 15.0. The van der Waals surface area contributed by atoms with Crippen LogP contribution in [-0.2, 0) is 5.54 Å². The van der Waals surface area contributed by atoms with Crippen molar-refractivity contribution < 1.29 is 4.79 Å². The molecule has 0 saturated heterocycles. The predicted octanol–water partition coefficient (Wildman–Crippen LogP) is 4.65. The van der Waals surface area contributed by atoms with Crippen LogP contribution in [0.4, 0.5) is 5.95 Å². The smallest absolute Gasteiger partial charge is 0.279 e. The largest absolute Gasteiger partial charge is 0.305 e. The van der Waals surface area contributed by atoms with E-state index in [-0.39, 0.29) is 17.4 Å². The molecule has 0 saturated carbocycles. The van der Waals surface area contributed by atoms with Crippen molar-refractivity contribution in [3.8, 4) is 0 Å². The van der Waals surface area contributed by atoms with E-state index in [0.717, 1.165) is 16.7 Å². The molecule has 6 nitrogen and oxygen atoms in total. The number of para-hydroxylation sites is 2. The third-order valence-electron chi connectivity index (χ3n) is 3.98. The summed E-state index contributed by atoms with van der Waals surface area (Å²) in [6, 6.07) is 7.85. The van der Waals surface area contributed by atoms with Crippen molar-refractivity contribution in [3.63, 3.8) is 0 Å². The predicted molar refractivity (Wildman–Crippen MR) is 103 cm³/mol. The van der Waals surface area contributed by atoms with Crippen LogP contribution in [-0.4, -0.2) is 25.7 Å². The standard InChI is InChI=1S/C18H22BrN5O/c1-10(2)14-13(19)15(23-22-14)16(25)21-17-20-11-8-6-7-9-12(11)24(17)18(3,4)5/h6-10H,1-5H3,(H,22,23)(H,20,21,25). The Bertz CT molecular complexity index is 933. The first kappa shape index (κ1) is 17.7. The number of rotatable bonds is 3. The SMILES string of the molecule is CC(C)c1[nH]nc(C(=O)Nc2nc3ccccc3n2C(C)(C)C)c1Br. The highest BCUT2D eigenvalue weighted by atomic mass is 79.9. The number of nitrogens with zero attached hydrogens (tertiary/aromatic N) is 3. The lowest BCUT2D eigenvalue weighted by molar-refractivity contribution is 0.102. The quantitative estimate of drug-likeness (QED) is 0.667. The second-order valence-electron chi connectivity index (χ2n) is 7.34. The summed E-state index contributed by atoms with van der Waals surface area (Å²) in [5, 5.41) is 10.0. The molecule has 25 heavy (non-hydrogen) atoms. The molecule has 2 aromatic heterocycles. The van der Waals surface area contributed by atoms with Crippen LogP contribution < -0.4 is 5.32 Å². The van der Waals surface area contributed by atoms with Crippen LogP contribution in [0.1, 0.15) is 56.7 Å². The van der Waals surface area contributed by atoms with Gasteiger partial charge >= 0.3 is 0 Å². The molecule has 3 aromatic rings. The number of fused-ring (bicyclic) bond motifs is 1. The van der Waals surface area contributed by atoms with E-state index >= 15 is 0 Å². The summed E-state index contributed by atoms with van der Waals surface area (Å²) in [5.41, 5.74) is 2.82. The summed E-state index contributed by atoms with van der Waals surface area (Å²) in [6.45, 7) is 10.3. The van der Waals surface area contributed by atoms with Crippen LogP contribution in [0.3, 0.4) is 0 Å². The summed E-state index contributed by atoms with van der Waals surface area (Å²) >= 11 is 3.48. The highest BCUT2D eigenvalue weighted by Crippen LogP contribution is 2.29. The highest BCUT2D eigenvalue weighted by molar-refractivity contribution is 9.10. The number of halogens is 1. The van der Waals surface area contributed by atoms with Crippen molar-refractivity contribution in [1.82, 2.24) is 19.7 Å². The number of anilines is 1. The Hall–Kier alpha value is -2.15. The van der Waals surface area contributed by atoms with Crippen molar-refractivity contribution in [2.24, 2.45) is 0 Å². The van der Waals surface area contributed by atoms with Gasteiger partial charge in [0.15, 0.2) is 5.69 Å². The van der Waals surface area contributed by atoms with E-state index < -0.39 is 0 Å². The molecule has 1 aromatic carbocycles. The number of H-pyrrole nitrogens is 1. The zero-order valence-corrected chi connectivity index (χ0v) is 16.6.